The van der Waals surface area contributed by atoms with E-state index in [-0.39, 0.29) is 10.8 Å². The number of anilines is 1. The van der Waals surface area contributed by atoms with Gasteiger partial charge in [-0.25, -0.2) is 8.42 Å². The van der Waals surface area contributed by atoms with E-state index in [0.717, 1.165) is 6.42 Å². The average Bonchev–Trinajstić information content (AvgIpc) is 2.82. The predicted molar refractivity (Wildman–Crippen MR) is 83.5 cm³/mol. The molecule has 0 spiro atoms. The molecule has 0 radical (unpaired) electrons. The Morgan fingerprint density at radius 3 is 2.52 bits per heavy atom. The van der Waals surface area contributed by atoms with Crippen molar-refractivity contribution in [3.8, 4) is 0 Å². The normalized spacial score (nSPS) is 18.9. The maximum absolute atomic E-state index is 12.4. The Morgan fingerprint density at radius 2 is 2.05 bits per heavy atom. The number of halogens is 1. The van der Waals surface area contributed by atoms with Crippen molar-refractivity contribution < 1.29 is 13.2 Å². The van der Waals surface area contributed by atoms with Crippen LogP contribution in [0.25, 0.3) is 0 Å². The molecule has 1 amide bonds. The zero-order valence-electron chi connectivity index (χ0n) is 12.3. The van der Waals surface area contributed by atoms with Crippen LogP contribution in [0.3, 0.4) is 0 Å². The Hall–Kier alpha value is -1.27. The molecule has 5 nitrogen and oxygen atoms in total. The second-order valence-electron chi connectivity index (χ2n) is 5.66. The highest BCUT2D eigenvalue weighted by Crippen LogP contribution is 2.29. The van der Waals surface area contributed by atoms with Gasteiger partial charge in [-0.1, -0.05) is 6.92 Å². The highest BCUT2D eigenvalue weighted by atomic mass is 35.7. The van der Waals surface area contributed by atoms with Gasteiger partial charge in [-0.3, -0.25) is 4.79 Å². The van der Waals surface area contributed by atoms with Gasteiger partial charge in [0.15, 0.2) is 0 Å². The van der Waals surface area contributed by atoms with E-state index in [1.54, 1.807) is 36.0 Å². The van der Waals surface area contributed by atoms with E-state index in [1.165, 1.54) is 6.07 Å². The van der Waals surface area contributed by atoms with Crippen LogP contribution in [0.1, 0.15) is 23.7 Å². The van der Waals surface area contributed by atoms with Crippen molar-refractivity contribution in [1.82, 2.24) is 4.90 Å². The Balaban J connectivity index is 2.40. The molecule has 1 atom stereocenters. The van der Waals surface area contributed by atoms with Crippen LogP contribution in [0.4, 0.5) is 5.69 Å². The van der Waals surface area contributed by atoms with Crippen LogP contribution in [-0.4, -0.2) is 46.4 Å². The zero-order valence-corrected chi connectivity index (χ0v) is 13.9. The minimum Gasteiger partial charge on any atom is -0.377 e. The third kappa shape index (κ3) is 3.49. The summed E-state index contributed by atoms with van der Waals surface area (Å²) in [7, 11) is 5.03. The van der Waals surface area contributed by atoms with Crippen LogP contribution < -0.4 is 4.90 Å². The molecule has 1 aromatic carbocycles. The van der Waals surface area contributed by atoms with Crippen LogP contribution in [0.2, 0.25) is 0 Å². The number of hydrogen-bond acceptors (Lipinski definition) is 4. The number of hydrogen-bond donors (Lipinski definition) is 0. The SMILES string of the molecule is CC1CCN(C(=O)c2ccc(N(C)C)c(S(=O)(=O)Cl)c2)C1. The van der Waals surface area contributed by atoms with Gasteiger partial charge >= 0.3 is 0 Å². The summed E-state index contributed by atoms with van der Waals surface area (Å²) in [6, 6.07) is 4.62. The lowest BCUT2D eigenvalue weighted by atomic mass is 10.1. The number of carbonyl (C=O) groups is 1. The lowest BCUT2D eigenvalue weighted by Gasteiger charge is -2.19. The Labute approximate surface area is 129 Å². The second-order valence-corrected chi connectivity index (χ2v) is 8.19. The smallest absolute Gasteiger partial charge is 0.263 e. The van der Waals surface area contributed by atoms with Crippen molar-refractivity contribution in [2.75, 3.05) is 32.1 Å². The predicted octanol–water partition coefficient (Wildman–Crippen LogP) is 2.16. The highest BCUT2D eigenvalue weighted by Gasteiger charge is 2.26. The monoisotopic (exact) mass is 330 g/mol. The summed E-state index contributed by atoms with van der Waals surface area (Å²) in [6.07, 6.45) is 0.974. The molecule has 1 heterocycles. The molecule has 1 unspecified atom stereocenters. The van der Waals surface area contributed by atoms with E-state index in [4.69, 9.17) is 10.7 Å². The molecule has 1 aliphatic heterocycles. The third-order valence-corrected chi connectivity index (χ3v) is 5.01. The van der Waals surface area contributed by atoms with E-state index >= 15 is 0 Å². The second kappa shape index (κ2) is 5.85. The first-order chi connectivity index (χ1) is 9.70. The van der Waals surface area contributed by atoms with Gasteiger partial charge in [0.2, 0.25) is 0 Å². The summed E-state index contributed by atoms with van der Waals surface area (Å²) in [5, 5.41) is 0. The standard InChI is InChI=1S/C14H19ClN2O3S/c1-10-6-7-17(9-10)14(18)11-4-5-12(16(2)3)13(8-11)21(15,19)20/h4-5,8,10H,6-7,9H2,1-3H3. The summed E-state index contributed by atoms with van der Waals surface area (Å²) in [5.41, 5.74) is 0.824. The highest BCUT2D eigenvalue weighted by molar-refractivity contribution is 8.13. The molecule has 0 saturated carbocycles. The first-order valence-corrected chi connectivity index (χ1v) is 9.06. The Kier molecular flexibility index (Phi) is 4.49. The molecule has 0 bridgehead atoms. The maximum atomic E-state index is 12.4. The first kappa shape index (κ1) is 16.1. The molecule has 1 aliphatic rings. The molecule has 0 aliphatic carbocycles. The molecular formula is C14H19ClN2O3S. The summed E-state index contributed by atoms with van der Waals surface area (Å²) in [6.45, 7) is 3.51. The number of rotatable bonds is 3. The van der Waals surface area contributed by atoms with Crippen molar-refractivity contribution in [3.63, 3.8) is 0 Å². The molecule has 1 aromatic rings. The van der Waals surface area contributed by atoms with E-state index in [2.05, 4.69) is 6.92 Å². The van der Waals surface area contributed by atoms with E-state index in [9.17, 15) is 13.2 Å². The number of carbonyl (C=O) groups excluding carboxylic acids is 1. The molecule has 116 valence electrons. The Morgan fingerprint density at radius 1 is 1.38 bits per heavy atom. The summed E-state index contributed by atoms with van der Waals surface area (Å²) in [4.78, 5) is 15.8. The van der Waals surface area contributed by atoms with Crippen LogP contribution >= 0.6 is 10.7 Å². The lowest BCUT2D eigenvalue weighted by Crippen LogP contribution is -2.28. The van der Waals surface area contributed by atoms with Crippen molar-refractivity contribution in [2.45, 2.75) is 18.2 Å². The molecular weight excluding hydrogens is 312 g/mol. The summed E-state index contributed by atoms with van der Waals surface area (Å²) < 4.78 is 23.4. The molecule has 2 rings (SSSR count). The van der Waals surface area contributed by atoms with Gasteiger partial charge in [-0.05, 0) is 30.5 Å². The minimum absolute atomic E-state index is 0.0349. The van der Waals surface area contributed by atoms with Gasteiger partial charge in [0.05, 0.1) is 5.69 Å². The number of benzene rings is 1. The van der Waals surface area contributed by atoms with Gasteiger partial charge < -0.3 is 9.80 Å². The summed E-state index contributed by atoms with van der Waals surface area (Å²) >= 11 is 0. The topological polar surface area (TPSA) is 57.7 Å². The van der Waals surface area contributed by atoms with E-state index < -0.39 is 9.05 Å². The van der Waals surface area contributed by atoms with Crippen molar-refractivity contribution >= 4 is 31.3 Å². The number of likely N-dealkylation sites (tertiary alicyclic amines) is 1. The average molecular weight is 331 g/mol. The van der Waals surface area contributed by atoms with Gasteiger partial charge in [0.1, 0.15) is 4.90 Å². The van der Waals surface area contributed by atoms with Gasteiger partial charge in [0, 0.05) is 43.4 Å². The van der Waals surface area contributed by atoms with Gasteiger partial charge in [-0.2, -0.15) is 0 Å². The quantitative estimate of drug-likeness (QED) is 0.797. The fraction of sp³-hybridized carbons (Fsp3) is 0.500. The molecule has 1 fully saturated rings. The Bertz CT molecular complexity index is 658. The van der Waals surface area contributed by atoms with Gasteiger partial charge in [0.25, 0.3) is 15.0 Å². The summed E-state index contributed by atoms with van der Waals surface area (Å²) in [5.74, 6) is 0.331. The third-order valence-electron chi connectivity index (χ3n) is 3.66. The van der Waals surface area contributed by atoms with Crippen molar-refractivity contribution in [1.29, 1.82) is 0 Å². The lowest BCUT2D eigenvalue weighted by molar-refractivity contribution is 0.0788. The number of nitrogens with zero attached hydrogens (tertiary/aromatic N) is 2. The van der Waals surface area contributed by atoms with Crippen LogP contribution in [-0.2, 0) is 9.05 Å². The zero-order chi connectivity index (χ0) is 15.8. The van der Waals surface area contributed by atoms with E-state index in [0.29, 0.717) is 30.3 Å². The van der Waals surface area contributed by atoms with Crippen LogP contribution in [0.15, 0.2) is 23.1 Å². The first-order valence-electron chi connectivity index (χ1n) is 6.75. The fourth-order valence-electron chi connectivity index (χ4n) is 2.51. The fourth-order valence-corrected chi connectivity index (χ4v) is 3.65. The molecule has 1 saturated heterocycles. The maximum Gasteiger partial charge on any atom is 0.263 e. The minimum atomic E-state index is -3.91. The molecule has 0 N–H and O–H groups in total. The van der Waals surface area contributed by atoms with Gasteiger partial charge in [-0.15, -0.1) is 0 Å². The van der Waals surface area contributed by atoms with Crippen molar-refractivity contribution in [2.24, 2.45) is 5.92 Å². The number of amides is 1. The van der Waals surface area contributed by atoms with Crippen molar-refractivity contribution in [3.05, 3.63) is 23.8 Å². The van der Waals surface area contributed by atoms with Crippen LogP contribution in [0.5, 0.6) is 0 Å². The molecule has 21 heavy (non-hydrogen) atoms. The van der Waals surface area contributed by atoms with Crippen LogP contribution in [0, 0.1) is 5.92 Å². The molecule has 0 aromatic heterocycles. The molecule has 7 heteroatoms. The van der Waals surface area contributed by atoms with E-state index in [1.807, 2.05) is 0 Å². The largest absolute Gasteiger partial charge is 0.377 e.